The van der Waals surface area contributed by atoms with Crippen LogP contribution in [0.2, 0.25) is 0 Å². The van der Waals surface area contributed by atoms with Gasteiger partial charge in [-0.3, -0.25) is 10.1 Å². The summed E-state index contributed by atoms with van der Waals surface area (Å²) in [4.78, 5) is 14.2. The van der Waals surface area contributed by atoms with Crippen LogP contribution in [0.1, 0.15) is 17.0 Å². The summed E-state index contributed by atoms with van der Waals surface area (Å²) in [7, 11) is 1.52. The second-order valence-electron chi connectivity index (χ2n) is 5.76. The van der Waals surface area contributed by atoms with Gasteiger partial charge < -0.3 is 14.5 Å². The van der Waals surface area contributed by atoms with Crippen LogP contribution in [-0.2, 0) is 0 Å². The number of aromatic nitrogens is 1. The van der Waals surface area contributed by atoms with Crippen LogP contribution in [0.5, 0.6) is 11.5 Å². The molecular formula is C20H18N2O4. The van der Waals surface area contributed by atoms with Crippen molar-refractivity contribution >= 4 is 10.9 Å². The van der Waals surface area contributed by atoms with Crippen LogP contribution in [0, 0.1) is 22.5 Å². The third kappa shape index (κ3) is 3.47. The molecule has 0 aliphatic heterocycles. The van der Waals surface area contributed by atoms with Gasteiger partial charge in [0.25, 0.3) is 0 Å². The summed E-state index contributed by atoms with van der Waals surface area (Å²) < 4.78 is 10.8. The first-order valence-corrected chi connectivity index (χ1v) is 8.06. The van der Waals surface area contributed by atoms with Gasteiger partial charge in [-0.25, -0.2) is 0 Å². The highest BCUT2D eigenvalue weighted by Gasteiger charge is 2.24. The number of nitro groups is 1. The van der Waals surface area contributed by atoms with Crippen molar-refractivity contribution in [2.75, 3.05) is 20.3 Å². The smallest absolute Gasteiger partial charge is 0.214 e. The molecule has 3 aromatic rings. The average Bonchev–Trinajstić information content (AvgIpc) is 3.08. The van der Waals surface area contributed by atoms with Crippen molar-refractivity contribution in [3.05, 3.63) is 69.9 Å². The molecule has 0 bridgehead atoms. The molecule has 6 heteroatoms. The standard InChI is InChI=1S/C20H18N2O4/c1-3-10-26-19-9-8-14(11-20(19)25-2)17(13-22(23)24)16-12-21-18-7-5-4-6-15(16)18/h1,4-9,11-12,17,21H,10,13H2,2H3/t17-/m0/s1. The van der Waals surface area contributed by atoms with E-state index in [1.165, 1.54) is 7.11 Å². The molecular weight excluding hydrogens is 332 g/mol. The molecule has 0 radical (unpaired) electrons. The third-order valence-electron chi connectivity index (χ3n) is 4.23. The van der Waals surface area contributed by atoms with E-state index in [-0.39, 0.29) is 18.1 Å². The number of hydrogen-bond acceptors (Lipinski definition) is 4. The van der Waals surface area contributed by atoms with Crippen LogP contribution < -0.4 is 9.47 Å². The molecule has 0 amide bonds. The Morgan fingerprint density at radius 2 is 2.08 bits per heavy atom. The number of ether oxygens (including phenoxy) is 2. The summed E-state index contributed by atoms with van der Waals surface area (Å²) >= 11 is 0. The van der Waals surface area contributed by atoms with Gasteiger partial charge in [-0.05, 0) is 29.3 Å². The molecule has 0 fully saturated rings. The van der Waals surface area contributed by atoms with Gasteiger partial charge in [0.2, 0.25) is 6.54 Å². The molecule has 0 saturated heterocycles. The summed E-state index contributed by atoms with van der Waals surface area (Å²) in [6.45, 7) is -0.105. The highest BCUT2D eigenvalue weighted by atomic mass is 16.6. The molecule has 1 atom stereocenters. The number of nitrogens with one attached hydrogen (secondary N) is 1. The zero-order valence-electron chi connectivity index (χ0n) is 14.3. The van der Waals surface area contributed by atoms with Crippen molar-refractivity contribution in [1.29, 1.82) is 0 Å². The molecule has 1 heterocycles. The summed E-state index contributed by atoms with van der Waals surface area (Å²) in [5.74, 6) is 2.98. The largest absolute Gasteiger partial charge is 0.493 e. The van der Waals surface area contributed by atoms with Crippen LogP contribution in [-0.4, -0.2) is 30.2 Å². The monoisotopic (exact) mass is 350 g/mol. The van der Waals surface area contributed by atoms with E-state index < -0.39 is 5.92 Å². The van der Waals surface area contributed by atoms with Crippen molar-refractivity contribution in [3.63, 3.8) is 0 Å². The fourth-order valence-corrected chi connectivity index (χ4v) is 3.05. The highest BCUT2D eigenvalue weighted by molar-refractivity contribution is 5.84. The number of methoxy groups -OCH3 is 1. The second kappa shape index (κ2) is 7.62. The molecule has 2 aromatic carbocycles. The summed E-state index contributed by atoms with van der Waals surface area (Å²) in [5, 5.41) is 12.3. The van der Waals surface area contributed by atoms with Gasteiger partial charge in [0, 0.05) is 22.0 Å². The zero-order valence-corrected chi connectivity index (χ0v) is 14.3. The molecule has 0 spiro atoms. The lowest BCUT2D eigenvalue weighted by Gasteiger charge is -2.16. The molecule has 0 saturated carbocycles. The summed E-state index contributed by atoms with van der Waals surface area (Å²) in [6.07, 6.45) is 7.05. The van der Waals surface area contributed by atoms with E-state index in [1.807, 2.05) is 36.5 Å². The first kappa shape index (κ1) is 17.4. The molecule has 26 heavy (non-hydrogen) atoms. The highest BCUT2D eigenvalue weighted by Crippen LogP contribution is 2.36. The van der Waals surface area contributed by atoms with E-state index in [2.05, 4.69) is 10.9 Å². The van der Waals surface area contributed by atoms with Crippen LogP contribution >= 0.6 is 0 Å². The van der Waals surface area contributed by atoms with E-state index in [4.69, 9.17) is 15.9 Å². The van der Waals surface area contributed by atoms with Crippen LogP contribution in [0.15, 0.2) is 48.7 Å². The van der Waals surface area contributed by atoms with Crippen molar-refractivity contribution in [3.8, 4) is 23.8 Å². The molecule has 132 valence electrons. The Labute approximate surface area is 150 Å². The van der Waals surface area contributed by atoms with Crippen molar-refractivity contribution in [2.45, 2.75) is 5.92 Å². The lowest BCUT2D eigenvalue weighted by atomic mass is 9.90. The third-order valence-corrected chi connectivity index (χ3v) is 4.23. The van der Waals surface area contributed by atoms with Crippen molar-refractivity contribution in [1.82, 2.24) is 4.98 Å². The number of fused-ring (bicyclic) bond motifs is 1. The topological polar surface area (TPSA) is 77.4 Å². The van der Waals surface area contributed by atoms with E-state index in [1.54, 1.807) is 12.1 Å². The van der Waals surface area contributed by atoms with Gasteiger partial charge in [-0.1, -0.05) is 30.2 Å². The van der Waals surface area contributed by atoms with E-state index in [0.29, 0.717) is 11.5 Å². The number of para-hydroxylation sites is 1. The normalized spacial score (nSPS) is 11.7. The number of H-pyrrole nitrogens is 1. The van der Waals surface area contributed by atoms with Gasteiger partial charge in [0.15, 0.2) is 11.5 Å². The Balaban J connectivity index is 2.06. The number of benzene rings is 2. The lowest BCUT2D eigenvalue weighted by molar-refractivity contribution is -0.481. The molecule has 1 N–H and O–H groups in total. The minimum absolute atomic E-state index is 0.122. The molecule has 0 unspecified atom stereocenters. The predicted octanol–water partition coefficient (Wildman–Crippen LogP) is 3.60. The van der Waals surface area contributed by atoms with Gasteiger partial charge in [0.05, 0.1) is 13.0 Å². The van der Waals surface area contributed by atoms with Gasteiger partial charge >= 0.3 is 0 Å². The van der Waals surface area contributed by atoms with Crippen molar-refractivity contribution in [2.24, 2.45) is 0 Å². The van der Waals surface area contributed by atoms with Gasteiger partial charge in [0.1, 0.15) is 6.61 Å². The van der Waals surface area contributed by atoms with Gasteiger partial charge in [-0.15, -0.1) is 6.42 Å². The van der Waals surface area contributed by atoms with Crippen LogP contribution in [0.3, 0.4) is 0 Å². The number of rotatable bonds is 7. The SMILES string of the molecule is C#CCOc1ccc([C@H](C[N+](=O)[O-])c2c[nH]c3ccccc23)cc1OC. The summed E-state index contributed by atoms with van der Waals surface area (Å²) in [6, 6.07) is 13.0. The minimum Gasteiger partial charge on any atom is -0.493 e. The Kier molecular flexibility index (Phi) is 5.09. The maximum atomic E-state index is 11.3. The first-order chi connectivity index (χ1) is 12.6. The Hall–Kier alpha value is -3.46. The fraction of sp³-hybridized carbons (Fsp3) is 0.200. The van der Waals surface area contributed by atoms with Crippen LogP contribution in [0.4, 0.5) is 0 Å². The number of aromatic amines is 1. The molecule has 6 nitrogen and oxygen atoms in total. The number of terminal acetylenes is 1. The van der Waals surface area contributed by atoms with E-state index >= 15 is 0 Å². The Morgan fingerprint density at radius 1 is 1.27 bits per heavy atom. The maximum absolute atomic E-state index is 11.3. The maximum Gasteiger partial charge on any atom is 0.214 e. The van der Waals surface area contributed by atoms with E-state index in [9.17, 15) is 10.1 Å². The Bertz CT molecular complexity index is 971. The van der Waals surface area contributed by atoms with E-state index in [0.717, 1.165) is 22.0 Å². The van der Waals surface area contributed by atoms with Crippen molar-refractivity contribution < 1.29 is 14.4 Å². The van der Waals surface area contributed by atoms with Crippen LogP contribution in [0.25, 0.3) is 10.9 Å². The quantitative estimate of drug-likeness (QED) is 0.401. The minimum atomic E-state index is -0.420. The predicted molar refractivity (Wildman–Crippen MR) is 99.3 cm³/mol. The molecule has 3 rings (SSSR count). The second-order valence-corrected chi connectivity index (χ2v) is 5.76. The Morgan fingerprint density at radius 3 is 2.81 bits per heavy atom. The number of hydrogen-bond donors (Lipinski definition) is 1. The molecule has 0 aliphatic carbocycles. The fourth-order valence-electron chi connectivity index (χ4n) is 3.05. The van der Waals surface area contributed by atoms with Gasteiger partial charge in [-0.2, -0.15) is 0 Å². The number of nitrogens with zero attached hydrogens (tertiary/aromatic N) is 1. The zero-order chi connectivity index (χ0) is 18.5. The first-order valence-electron chi connectivity index (χ1n) is 8.06. The lowest BCUT2D eigenvalue weighted by Crippen LogP contribution is -2.14. The molecule has 1 aromatic heterocycles. The molecule has 0 aliphatic rings. The summed E-state index contributed by atoms with van der Waals surface area (Å²) in [5.41, 5.74) is 2.59. The average molecular weight is 350 g/mol.